The molecule has 102 valence electrons. The molecule has 4 heteroatoms. The van der Waals surface area contributed by atoms with Gasteiger partial charge in [-0.05, 0) is 37.8 Å². The SMILES string of the molecule is CCCCNC(=O)CNCCCCCCSC. The Morgan fingerprint density at radius 3 is 2.53 bits per heavy atom. The number of carbonyl (C=O) groups is 1. The summed E-state index contributed by atoms with van der Waals surface area (Å²) in [6.07, 6.45) is 9.43. The highest BCUT2D eigenvalue weighted by molar-refractivity contribution is 7.98. The Kier molecular flexibility index (Phi) is 13.7. The third-order valence-corrected chi connectivity index (χ3v) is 3.29. The number of thioether (sulfide) groups is 1. The molecule has 0 bridgehead atoms. The molecule has 0 aliphatic carbocycles. The van der Waals surface area contributed by atoms with E-state index in [9.17, 15) is 4.79 Å². The first kappa shape index (κ1) is 16.8. The number of unbranched alkanes of at least 4 members (excludes halogenated alkanes) is 4. The van der Waals surface area contributed by atoms with Gasteiger partial charge in [-0.15, -0.1) is 0 Å². The van der Waals surface area contributed by atoms with E-state index < -0.39 is 0 Å². The van der Waals surface area contributed by atoms with E-state index >= 15 is 0 Å². The molecule has 0 atom stereocenters. The standard InChI is InChI=1S/C13H28N2OS/c1-3-4-10-15-13(16)12-14-9-7-5-6-8-11-17-2/h14H,3-12H2,1-2H3,(H,15,16). The molecule has 0 aromatic heterocycles. The zero-order valence-corrected chi connectivity index (χ0v) is 12.2. The van der Waals surface area contributed by atoms with E-state index in [4.69, 9.17) is 0 Å². The molecule has 17 heavy (non-hydrogen) atoms. The van der Waals surface area contributed by atoms with Gasteiger partial charge in [0.1, 0.15) is 0 Å². The van der Waals surface area contributed by atoms with Crippen molar-refractivity contribution in [2.24, 2.45) is 0 Å². The molecule has 0 heterocycles. The molecule has 0 rings (SSSR count). The van der Waals surface area contributed by atoms with Crippen LogP contribution in [0.3, 0.4) is 0 Å². The predicted octanol–water partition coefficient (Wildman–Crippen LogP) is 2.42. The van der Waals surface area contributed by atoms with E-state index in [0.29, 0.717) is 6.54 Å². The largest absolute Gasteiger partial charge is 0.355 e. The second kappa shape index (κ2) is 13.8. The van der Waals surface area contributed by atoms with Crippen LogP contribution in [0.1, 0.15) is 45.4 Å². The van der Waals surface area contributed by atoms with Gasteiger partial charge < -0.3 is 10.6 Å². The lowest BCUT2D eigenvalue weighted by Crippen LogP contribution is -2.34. The third kappa shape index (κ3) is 13.7. The van der Waals surface area contributed by atoms with Crippen molar-refractivity contribution in [3.8, 4) is 0 Å². The summed E-state index contributed by atoms with van der Waals surface area (Å²) in [5.41, 5.74) is 0. The van der Waals surface area contributed by atoms with Gasteiger partial charge in [0.25, 0.3) is 0 Å². The number of amides is 1. The summed E-state index contributed by atoms with van der Waals surface area (Å²) in [5.74, 6) is 1.40. The molecular weight excluding hydrogens is 232 g/mol. The van der Waals surface area contributed by atoms with Crippen LogP contribution in [0.15, 0.2) is 0 Å². The van der Waals surface area contributed by atoms with Crippen LogP contribution in [0.5, 0.6) is 0 Å². The fraction of sp³-hybridized carbons (Fsp3) is 0.923. The Morgan fingerprint density at radius 2 is 1.82 bits per heavy atom. The van der Waals surface area contributed by atoms with Crippen molar-refractivity contribution < 1.29 is 4.79 Å². The molecule has 0 spiro atoms. The van der Waals surface area contributed by atoms with E-state index in [2.05, 4.69) is 23.8 Å². The van der Waals surface area contributed by atoms with Crippen molar-refractivity contribution in [2.75, 3.05) is 31.6 Å². The summed E-state index contributed by atoms with van der Waals surface area (Å²) in [5, 5.41) is 6.08. The monoisotopic (exact) mass is 260 g/mol. The normalized spacial score (nSPS) is 10.5. The first-order valence-electron chi connectivity index (χ1n) is 6.77. The molecular formula is C13H28N2OS. The Balaban J connectivity index is 3.08. The van der Waals surface area contributed by atoms with E-state index in [1.54, 1.807) is 0 Å². The molecule has 0 unspecified atom stereocenters. The average Bonchev–Trinajstić information content (AvgIpc) is 2.33. The van der Waals surface area contributed by atoms with Crippen LogP contribution in [0, 0.1) is 0 Å². The number of hydrogen-bond acceptors (Lipinski definition) is 3. The highest BCUT2D eigenvalue weighted by Gasteiger charge is 1.98. The van der Waals surface area contributed by atoms with Crippen LogP contribution in [-0.2, 0) is 4.79 Å². The van der Waals surface area contributed by atoms with E-state index in [1.807, 2.05) is 11.8 Å². The van der Waals surface area contributed by atoms with Crippen LogP contribution in [0.2, 0.25) is 0 Å². The molecule has 2 N–H and O–H groups in total. The van der Waals surface area contributed by atoms with Crippen molar-refractivity contribution in [1.29, 1.82) is 0 Å². The van der Waals surface area contributed by atoms with Gasteiger partial charge in [-0.2, -0.15) is 11.8 Å². The Labute approximate surface area is 111 Å². The number of hydrogen-bond donors (Lipinski definition) is 2. The molecule has 0 saturated carbocycles. The second-order valence-electron chi connectivity index (χ2n) is 4.29. The topological polar surface area (TPSA) is 41.1 Å². The smallest absolute Gasteiger partial charge is 0.233 e. The second-order valence-corrected chi connectivity index (χ2v) is 5.27. The molecule has 0 radical (unpaired) electrons. The fourth-order valence-corrected chi connectivity index (χ4v) is 2.01. The van der Waals surface area contributed by atoms with Gasteiger partial charge in [0, 0.05) is 6.54 Å². The molecule has 0 aromatic carbocycles. The first-order valence-corrected chi connectivity index (χ1v) is 8.17. The lowest BCUT2D eigenvalue weighted by Gasteiger charge is -2.06. The summed E-state index contributed by atoms with van der Waals surface area (Å²) in [4.78, 5) is 11.3. The summed E-state index contributed by atoms with van der Waals surface area (Å²) in [6, 6.07) is 0. The summed E-state index contributed by atoms with van der Waals surface area (Å²) < 4.78 is 0. The Bertz CT molecular complexity index is 177. The molecule has 0 aromatic rings. The molecule has 1 amide bonds. The minimum absolute atomic E-state index is 0.126. The average molecular weight is 260 g/mol. The van der Waals surface area contributed by atoms with Gasteiger partial charge in [0.15, 0.2) is 0 Å². The summed E-state index contributed by atoms with van der Waals surface area (Å²) >= 11 is 1.91. The third-order valence-electron chi connectivity index (χ3n) is 2.59. The van der Waals surface area contributed by atoms with Crippen LogP contribution in [0.25, 0.3) is 0 Å². The van der Waals surface area contributed by atoms with Crippen molar-refractivity contribution in [1.82, 2.24) is 10.6 Å². The molecule has 0 aliphatic rings. The minimum atomic E-state index is 0.126. The van der Waals surface area contributed by atoms with Crippen molar-refractivity contribution in [2.45, 2.75) is 45.4 Å². The van der Waals surface area contributed by atoms with Gasteiger partial charge in [-0.1, -0.05) is 26.2 Å². The van der Waals surface area contributed by atoms with Crippen LogP contribution < -0.4 is 10.6 Å². The lowest BCUT2D eigenvalue weighted by molar-refractivity contribution is -0.120. The quantitative estimate of drug-likeness (QED) is 0.530. The summed E-state index contributed by atoms with van der Waals surface area (Å²) in [6.45, 7) is 4.36. The van der Waals surface area contributed by atoms with E-state index in [0.717, 1.165) is 25.9 Å². The van der Waals surface area contributed by atoms with Crippen LogP contribution >= 0.6 is 11.8 Å². The van der Waals surface area contributed by atoms with Gasteiger partial charge in [0.05, 0.1) is 6.54 Å². The summed E-state index contributed by atoms with van der Waals surface area (Å²) in [7, 11) is 0. The van der Waals surface area contributed by atoms with E-state index in [-0.39, 0.29) is 5.91 Å². The van der Waals surface area contributed by atoms with Crippen molar-refractivity contribution in [3.05, 3.63) is 0 Å². The zero-order chi connectivity index (χ0) is 12.8. The lowest BCUT2D eigenvalue weighted by atomic mass is 10.2. The van der Waals surface area contributed by atoms with Gasteiger partial charge in [-0.25, -0.2) is 0 Å². The highest BCUT2D eigenvalue weighted by Crippen LogP contribution is 2.03. The molecule has 0 fully saturated rings. The van der Waals surface area contributed by atoms with Crippen molar-refractivity contribution >= 4 is 17.7 Å². The van der Waals surface area contributed by atoms with Gasteiger partial charge in [-0.3, -0.25) is 4.79 Å². The Hall–Kier alpha value is -0.220. The van der Waals surface area contributed by atoms with E-state index in [1.165, 1.54) is 31.4 Å². The number of rotatable bonds is 12. The number of carbonyl (C=O) groups excluding carboxylic acids is 1. The molecule has 0 aliphatic heterocycles. The van der Waals surface area contributed by atoms with Gasteiger partial charge >= 0.3 is 0 Å². The van der Waals surface area contributed by atoms with Crippen molar-refractivity contribution in [3.63, 3.8) is 0 Å². The van der Waals surface area contributed by atoms with Gasteiger partial charge in [0.2, 0.25) is 5.91 Å². The maximum Gasteiger partial charge on any atom is 0.233 e. The molecule has 0 saturated heterocycles. The Morgan fingerprint density at radius 1 is 1.06 bits per heavy atom. The first-order chi connectivity index (χ1) is 8.31. The van der Waals surface area contributed by atoms with Crippen LogP contribution in [-0.4, -0.2) is 37.6 Å². The van der Waals surface area contributed by atoms with Crippen LogP contribution in [0.4, 0.5) is 0 Å². The highest BCUT2D eigenvalue weighted by atomic mass is 32.2. The maximum atomic E-state index is 11.3. The predicted molar refractivity (Wildman–Crippen MR) is 77.6 cm³/mol. The minimum Gasteiger partial charge on any atom is -0.355 e. The number of nitrogens with one attached hydrogen (secondary N) is 2. The maximum absolute atomic E-state index is 11.3. The fourth-order valence-electron chi connectivity index (χ4n) is 1.52. The molecule has 3 nitrogen and oxygen atoms in total. The zero-order valence-electron chi connectivity index (χ0n) is 11.4.